The SMILES string of the molecule is O=C(Cc1ccsc1)CC1CC1. The van der Waals surface area contributed by atoms with Gasteiger partial charge in [-0.1, -0.05) is 0 Å². The number of thiophene rings is 1. The fraction of sp³-hybridized carbons (Fsp3) is 0.500. The lowest BCUT2D eigenvalue weighted by Crippen LogP contribution is -2.02. The topological polar surface area (TPSA) is 17.1 Å². The summed E-state index contributed by atoms with van der Waals surface area (Å²) in [7, 11) is 0. The molecule has 0 radical (unpaired) electrons. The van der Waals surface area contributed by atoms with E-state index < -0.39 is 0 Å². The van der Waals surface area contributed by atoms with Crippen molar-refractivity contribution in [3.05, 3.63) is 22.4 Å². The van der Waals surface area contributed by atoms with E-state index in [1.165, 1.54) is 18.4 Å². The number of ketones is 1. The average molecular weight is 180 g/mol. The highest BCUT2D eigenvalue weighted by Crippen LogP contribution is 2.32. The molecule has 0 amide bonds. The van der Waals surface area contributed by atoms with E-state index in [4.69, 9.17) is 0 Å². The quantitative estimate of drug-likeness (QED) is 0.696. The van der Waals surface area contributed by atoms with Crippen LogP contribution in [0.1, 0.15) is 24.8 Å². The van der Waals surface area contributed by atoms with Gasteiger partial charge in [0.15, 0.2) is 0 Å². The third kappa shape index (κ3) is 2.18. The minimum Gasteiger partial charge on any atom is -0.299 e. The number of rotatable bonds is 4. The number of hydrogen-bond donors (Lipinski definition) is 0. The Balaban J connectivity index is 1.82. The Morgan fingerprint density at radius 2 is 2.42 bits per heavy atom. The molecule has 2 heteroatoms. The summed E-state index contributed by atoms with van der Waals surface area (Å²) in [6, 6.07) is 2.04. The molecule has 1 aliphatic rings. The van der Waals surface area contributed by atoms with Crippen LogP contribution in [-0.2, 0) is 11.2 Å². The monoisotopic (exact) mass is 180 g/mol. The predicted molar refractivity (Wildman–Crippen MR) is 50.4 cm³/mol. The standard InChI is InChI=1S/C10H12OS/c11-10(5-8-1-2-8)6-9-3-4-12-7-9/h3-4,7-8H,1-2,5-6H2. The molecule has 0 aromatic carbocycles. The maximum absolute atomic E-state index is 11.4. The minimum absolute atomic E-state index is 0.413. The van der Waals surface area contributed by atoms with Crippen LogP contribution in [0.15, 0.2) is 16.8 Å². The van der Waals surface area contributed by atoms with Crippen LogP contribution in [0, 0.1) is 5.92 Å². The molecular formula is C10H12OS. The van der Waals surface area contributed by atoms with Gasteiger partial charge in [-0.15, -0.1) is 0 Å². The highest BCUT2D eigenvalue weighted by molar-refractivity contribution is 7.07. The van der Waals surface area contributed by atoms with E-state index >= 15 is 0 Å². The summed E-state index contributed by atoms with van der Waals surface area (Å²) in [5.41, 5.74) is 1.19. The Labute approximate surface area is 76.4 Å². The van der Waals surface area contributed by atoms with Crippen LogP contribution in [0.5, 0.6) is 0 Å². The van der Waals surface area contributed by atoms with Crippen molar-refractivity contribution in [2.75, 3.05) is 0 Å². The first kappa shape index (κ1) is 7.99. The first-order valence-electron chi connectivity index (χ1n) is 4.37. The third-order valence-electron chi connectivity index (χ3n) is 2.19. The van der Waals surface area contributed by atoms with Gasteiger partial charge in [0.05, 0.1) is 0 Å². The molecule has 1 fully saturated rings. The summed E-state index contributed by atoms with van der Waals surface area (Å²) in [6.07, 6.45) is 4.01. The van der Waals surface area contributed by atoms with Crippen molar-refractivity contribution in [3.63, 3.8) is 0 Å². The van der Waals surface area contributed by atoms with Crippen LogP contribution in [0.25, 0.3) is 0 Å². The van der Waals surface area contributed by atoms with Gasteiger partial charge in [-0.3, -0.25) is 4.79 Å². The maximum atomic E-state index is 11.4. The van der Waals surface area contributed by atoms with Gasteiger partial charge in [0, 0.05) is 12.8 Å². The summed E-state index contributed by atoms with van der Waals surface area (Å²) < 4.78 is 0. The van der Waals surface area contributed by atoms with Gasteiger partial charge in [0.2, 0.25) is 0 Å². The molecule has 0 aliphatic heterocycles. The lowest BCUT2D eigenvalue weighted by atomic mass is 10.1. The van der Waals surface area contributed by atoms with E-state index in [2.05, 4.69) is 5.38 Å². The fourth-order valence-electron chi connectivity index (χ4n) is 1.34. The summed E-state index contributed by atoms with van der Waals surface area (Å²) in [5, 5.41) is 4.09. The summed E-state index contributed by atoms with van der Waals surface area (Å²) in [5.74, 6) is 1.15. The van der Waals surface area contributed by atoms with Gasteiger partial charge in [-0.2, -0.15) is 11.3 Å². The van der Waals surface area contributed by atoms with Crippen LogP contribution < -0.4 is 0 Å². The molecule has 1 nitrogen and oxygen atoms in total. The molecule has 0 spiro atoms. The second kappa shape index (κ2) is 3.40. The van der Waals surface area contributed by atoms with E-state index in [1.807, 2.05) is 11.4 Å². The Hall–Kier alpha value is -0.630. The first-order chi connectivity index (χ1) is 5.84. The maximum Gasteiger partial charge on any atom is 0.137 e. The van der Waals surface area contributed by atoms with Gasteiger partial charge < -0.3 is 0 Å². The molecule has 0 saturated heterocycles. The molecule has 1 saturated carbocycles. The van der Waals surface area contributed by atoms with Crippen molar-refractivity contribution in [2.45, 2.75) is 25.7 Å². The third-order valence-corrected chi connectivity index (χ3v) is 2.93. The molecule has 64 valence electrons. The first-order valence-corrected chi connectivity index (χ1v) is 5.31. The van der Waals surface area contributed by atoms with Crippen molar-refractivity contribution >= 4 is 17.1 Å². The van der Waals surface area contributed by atoms with Crippen molar-refractivity contribution in [1.29, 1.82) is 0 Å². The Morgan fingerprint density at radius 1 is 1.58 bits per heavy atom. The second-order valence-corrected chi connectivity index (χ2v) is 4.27. The lowest BCUT2D eigenvalue weighted by molar-refractivity contribution is -0.118. The molecule has 1 aliphatic carbocycles. The highest BCUT2D eigenvalue weighted by atomic mass is 32.1. The zero-order valence-corrected chi connectivity index (χ0v) is 7.77. The summed E-state index contributed by atoms with van der Waals surface area (Å²) in [6.45, 7) is 0. The number of carbonyl (C=O) groups excluding carboxylic acids is 1. The Morgan fingerprint density at radius 3 is 3.00 bits per heavy atom. The summed E-state index contributed by atoms with van der Waals surface area (Å²) >= 11 is 1.66. The molecule has 1 aromatic heterocycles. The number of hydrogen-bond acceptors (Lipinski definition) is 2. The van der Waals surface area contributed by atoms with Crippen LogP contribution in [0.3, 0.4) is 0 Å². The molecule has 1 heterocycles. The highest BCUT2D eigenvalue weighted by Gasteiger charge is 2.24. The van der Waals surface area contributed by atoms with Crippen molar-refractivity contribution in [3.8, 4) is 0 Å². The zero-order valence-electron chi connectivity index (χ0n) is 6.95. The van der Waals surface area contributed by atoms with Crippen LogP contribution in [0.2, 0.25) is 0 Å². The molecule has 0 bridgehead atoms. The lowest BCUT2D eigenvalue weighted by Gasteiger charge is -1.95. The molecule has 12 heavy (non-hydrogen) atoms. The van der Waals surface area contributed by atoms with Crippen molar-refractivity contribution in [2.24, 2.45) is 5.92 Å². The Kier molecular flexibility index (Phi) is 2.26. The Bertz CT molecular complexity index is 259. The zero-order chi connectivity index (χ0) is 8.39. The van der Waals surface area contributed by atoms with Gasteiger partial charge in [0.1, 0.15) is 5.78 Å². The van der Waals surface area contributed by atoms with E-state index in [0.29, 0.717) is 12.2 Å². The number of carbonyl (C=O) groups is 1. The number of Topliss-reactive ketones (excluding diaryl/α,β-unsaturated/α-hetero) is 1. The van der Waals surface area contributed by atoms with Crippen molar-refractivity contribution < 1.29 is 4.79 Å². The molecule has 0 atom stereocenters. The van der Waals surface area contributed by atoms with Gasteiger partial charge >= 0.3 is 0 Å². The van der Waals surface area contributed by atoms with Crippen molar-refractivity contribution in [1.82, 2.24) is 0 Å². The predicted octanol–water partition coefficient (Wildman–Crippen LogP) is 2.66. The van der Waals surface area contributed by atoms with Crippen LogP contribution in [-0.4, -0.2) is 5.78 Å². The fourth-order valence-corrected chi connectivity index (χ4v) is 2.01. The normalized spacial score (nSPS) is 16.3. The van der Waals surface area contributed by atoms with Crippen LogP contribution in [0.4, 0.5) is 0 Å². The van der Waals surface area contributed by atoms with E-state index in [-0.39, 0.29) is 0 Å². The molecule has 0 N–H and O–H groups in total. The smallest absolute Gasteiger partial charge is 0.137 e. The summed E-state index contributed by atoms with van der Waals surface area (Å²) in [4.78, 5) is 11.4. The molecular weight excluding hydrogens is 168 g/mol. The minimum atomic E-state index is 0.413. The second-order valence-electron chi connectivity index (χ2n) is 3.49. The van der Waals surface area contributed by atoms with Gasteiger partial charge in [-0.25, -0.2) is 0 Å². The average Bonchev–Trinajstić information content (AvgIpc) is 2.66. The molecule has 0 unspecified atom stereocenters. The molecule has 2 rings (SSSR count). The van der Waals surface area contributed by atoms with Gasteiger partial charge in [0.25, 0.3) is 0 Å². The van der Waals surface area contributed by atoms with E-state index in [1.54, 1.807) is 11.3 Å². The van der Waals surface area contributed by atoms with Gasteiger partial charge in [-0.05, 0) is 41.1 Å². The van der Waals surface area contributed by atoms with E-state index in [0.717, 1.165) is 12.3 Å². The molecule has 1 aromatic rings. The largest absolute Gasteiger partial charge is 0.299 e. The van der Waals surface area contributed by atoms with E-state index in [9.17, 15) is 4.79 Å². The van der Waals surface area contributed by atoms with Crippen LogP contribution >= 0.6 is 11.3 Å².